The zero-order valence-corrected chi connectivity index (χ0v) is 9.13. The molecule has 0 aliphatic rings. The average Bonchev–Trinajstić information content (AvgIpc) is 2.67. The molecule has 0 aromatic carbocycles. The number of hydrogen-bond acceptors (Lipinski definition) is 3. The van der Waals surface area contributed by atoms with Crippen molar-refractivity contribution in [2.24, 2.45) is 12.8 Å². The van der Waals surface area contributed by atoms with Crippen LogP contribution in [0.4, 0.5) is 0 Å². The Morgan fingerprint density at radius 1 is 1.38 bits per heavy atom. The van der Waals surface area contributed by atoms with Gasteiger partial charge in [0, 0.05) is 31.5 Å². The summed E-state index contributed by atoms with van der Waals surface area (Å²) in [6.45, 7) is 0.745. The van der Waals surface area contributed by atoms with Gasteiger partial charge in [-0.2, -0.15) is 5.10 Å². The standard InChI is InChI=1S/C11H14N4O/c1-14-6-4-10(13-14)8-15-5-2-3-9(7-12)11(15)16/h2-6H,7-8,12H2,1H3. The van der Waals surface area contributed by atoms with Gasteiger partial charge in [0.25, 0.3) is 5.56 Å². The maximum absolute atomic E-state index is 11.9. The van der Waals surface area contributed by atoms with Crippen LogP contribution >= 0.6 is 0 Å². The van der Waals surface area contributed by atoms with E-state index in [0.29, 0.717) is 12.1 Å². The molecule has 2 heterocycles. The van der Waals surface area contributed by atoms with Crippen molar-refractivity contribution in [1.82, 2.24) is 14.3 Å². The molecule has 0 saturated carbocycles. The van der Waals surface area contributed by atoms with E-state index >= 15 is 0 Å². The lowest BCUT2D eigenvalue weighted by molar-refractivity contribution is 0.686. The van der Waals surface area contributed by atoms with E-state index < -0.39 is 0 Å². The van der Waals surface area contributed by atoms with E-state index in [0.717, 1.165) is 5.69 Å². The minimum atomic E-state index is -0.0457. The summed E-state index contributed by atoms with van der Waals surface area (Å²) < 4.78 is 3.33. The smallest absolute Gasteiger partial charge is 0.255 e. The highest BCUT2D eigenvalue weighted by Crippen LogP contribution is 1.98. The molecule has 0 spiro atoms. The van der Waals surface area contributed by atoms with Gasteiger partial charge in [-0.1, -0.05) is 6.07 Å². The summed E-state index contributed by atoms with van der Waals surface area (Å²) in [5, 5.41) is 4.23. The Labute approximate surface area is 93.1 Å². The van der Waals surface area contributed by atoms with Crippen LogP contribution in [-0.4, -0.2) is 14.3 Å². The summed E-state index contributed by atoms with van der Waals surface area (Å²) >= 11 is 0. The van der Waals surface area contributed by atoms with Crippen molar-refractivity contribution in [3.63, 3.8) is 0 Å². The molecule has 0 radical (unpaired) electrons. The third-order valence-electron chi connectivity index (χ3n) is 2.42. The first kappa shape index (κ1) is 10.6. The second kappa shape index (κ2) is 4.32. The Morgan fingerprint density at radius 2 is 2.19 bits per heavy atom. The first-order valence-corrected chi connectivity index (χ1v) is 5.07. The molecule has 84 valence electrons. The largest absolute Gasteiger partial charge is 0.326 e. The molecule has 5 nitrogen and oxygen atoms in total. The quantitative estimate of drug-likeness (QED) is 0.794. The SMILES string of the molecule is Cn1ccc(Cn2cccc(CN)c2=O)n1. The van der Waals surface area contributed by atoms with Gasteiger partial charge in [0.1, 0.15) is 0 Å². The van der Waals surface area contributed by atoms with E-state index in [1.807, 2.05) is 25.4 Å². The lowest BCUT2D eigenvalue weighted by Crippen LogP contribution is -2.25. The van der Waals surface area contributed by atoms with Crippen molar-refractivity contribution in [3.8, 4) is 0 Å². The summed E-state index contributed by atoms with van der Waals surface area (Å²) in [4.78, 5) is 11.9. The number of nitrogens with zero attached hydrogens (tertiary/aromatic N) is 3. The predicted octanol–water partition coefficient (Wildman–Crippen LogP) is 0.0888. The molecule has 2 aromatic rings. The number of pyridine rings is 1. The fourth-order valence-electron chi connectivity index (χ4n) is 1.59. The molecular weight excluding hydrogens is 204 g/mol. The zero-order valence-electron chi connectivity index (χ0n) is 9.13. The molecule has 0 amide bonds. The molecular formula is C11H14N4O. The van der Waals surface area contributed by atoms with Gasteiger partial charge >= 0.3 is 0 Å². The number of rotatable bonds is 3. The first-order chi connectivity index (χ1) is 7.70. The third kappa shape index (κ3) is 2.04. The topological polar surface area (TPSA) is 65.8 Å². The second-order valence-corrected chi connectivity index (χ2v) is 3.65. The lowest BCUT2D eigenvalue weighted by atomic mass is 10.3. The van der Waals surface area contributed by atoms with Crippen LogP contribution in [0.2, 0.25) is 0 Å². The summed E-state index contributed by atoms with van der Waals surface area (Å²) in [7, 11) is 1.85. The molecule has 0 unspecified atom stereocenters. The fourth-order valence-corrected chi connectivity index (χ4v) is 1.59. The number of aryl methyl sites for hydroxylation is 1. The molecule has 5 heteroatoms. The summed E-state index contributed by atoms with van der Waals surface area (Å²) in [6, 6.07) is 5.46. The number of nitrogens with two attached hydrogens (primary N) is 1. The van der Waals surface area contributed by atoms with Crippen LogP contribution in [0, 0.1) is 0 Å². The van der Waals surface area contributed by atoms with Crippen molar-refractivity contribution in [3.05, 3.63) is 52.2 Å². The molecule has 2 aromatic heterocycles. The van der Waals surface area contributed by atoms with Gasteiger partial charge in [0.2, 0.25) is 0 Å². The number of aromatic nitrogens is 3. The van der Waals surface area contributed by atoms with Gasteiger partial charge in [-0.25, -0.2) is 0 Å². The van der Waals surface area contributed by atoms with Crippen LogP contribution in [-0.2, 0) is 20.1 Å². The Balaban J connectivity index is 2.31. The van der Waals surface area contributed by atoms with Gasteiger partial charge in [-0.05, 0) is 12.1 Å². The van der Waals surface area contributed by atoms with Crippen LogP contribution in [0.1, 0.15) is 11.3 Å². The van der Waals surface area contributed by atoms with E-state index in [1.165, 1.54) is 0 Å². The molecule has 0 saturated heterocycles. The second-order valence-electron chi connectivity index (χ2n) is 3.65. The highest BCUT2D eigenvalue weighted by atomic mass is 16.1. The molecule has 0 fully saturated rings. The zero-order chi connectivity index (χ0) is 11.5. The van der Waals surface area contributed by atoms with Crippen LogP contribution in [0.5, 0.6) is 0 Å². The third-order valence-corrected chi connectivity index (χ3v) is 2.42. The molecule has 2 N–H and O–H groups in total. The van der Waals surface area contributed by atoms with E-state index in [2.05, 4.69) is 5.10 Å². The van der Waals surface area contributed by atoms with Gasteiger partial charge < -0.3 is 10.3 Å². The fraction of sp³-hybridized carbons (Fsp3) is 0.273. The van der Waals surface area contributed by atoms with E-state index in [-0.39, 0.29) is 12.1 Å². The lowest BCUT2D eigenvalue weighted by Gasteiger charge is -2.04. The van der Waals surface area contributed by atoms with Crippen molar-refractivity contribution in [2.75, 3.05) is 0 Å². The molecule has 0 aliphatic heterocycles. The van der Waals surface area contributed by atoms with Crippen LogP contribution in [0.15, 0.2) is 35.4 Å². The summed E-state index contributed by atoms with van der Waals surface area (Å²) in [5.41, 5.74) is 6.92. The van der Waals surface area contributed by atoms with Gasteiger partial charge in [0.15, 0.2) is 0 Å². The molecule has 0 aliphatic carbocycles. The molecule has 0 atom stereocenters. The minimum absolute atomic E-state index is 0.0457. The predicted molar refractivity (Wildman–Crippen MR) is 60.9 cm³/mol. The maximum atomic E-state index is 11.9. The highest BCUT2D eigenvalue weighted by Gasteiger charge is 2.03. The van der Waals surface area contributed by atoms with Crippen molar-refractivity contribution in [1.29, 1.82) is 0 Å². The van der Waals surface area contributed by atoms with Crippen molar-refractivity contribution in [2.45, 2.75) is 13.1 Å². The van der Waals surface area contributed by atoms with Gasteiger partial charge in [0.05, 0.1) is 12.2 Å². The highest BCUT2D eigenvalue weighted by molar-refractivity contribution is 5.11. The molecule has 2 rings (SSSR count). The molecule has 16 heavy (non-hydrogen) atoms. The normalized spacial score (nSPS) is 10.6. The maximum Gasteiger partial charge on any atom is 0.255 e. The Bertz CT molecular complexity index is 541. The van der Waals surface area contributed by atoms with E-state index in [4.69, 9.17) is 5.73 Å². The summed E-state index contributed by atoms with van der Waals surface area (Å²) in [6.07, 6.45) is 3.60. The van der Waals surface area contributed by atoms with Crippen LogP contribution in [0.25, 0.3) is 0 Å². The first-order valence-electron chi connectivity index (χ1n) is 5.07. The van der Waals surface area contributed by atoms with Crippen LogP contribution < -0.4 is 11.3 Å². The monoisotopic (exact) mass is 218 g/mol. The van der Waals surface area contributed by atoms with Crippen molar-refractivity contribution < 1.29 is 0 Å². The Morgan fingerprint density at radius 3 is 2.81 bits per heavy atom. The minimum Gasteiger partial charge on any atom is -0.326 e. The molecule has 0 bridgehead atoms. The van der Waals surface area contributed by atoms with Crippen molar-refractivity contribution >= 4 is 0 Å². The van der Waals surface area contributed by atoms with E-state index in [9.17, 15) is 4.79 Å². The number of hydrogen-bond donors (Lipinski definition) is 1. The summed E-state index contributed by atoms with van der Waals surface area (Å²) in [5.74, 6) is 0. The van der Waals surface area contributed by atoms with Gasteiger partial charge in [-0.15, -0.1) is 0 Å². The Kier molecular flexibility index (Phi) is 2.87. The Hall–Kier alpha value is -1.88. The van der Waals surface area contributed by atoms with Gasteiger partial charge in [-0.3, -0.25) is 9.48 Å². The average molecular weight is 218 g/mol. The van der Waals surface area contributed by atoms with Crippen LogP contribution in [0.3, 0.4) is 0 Å². The van der Waals surface area contributed by atoms with E-state index in [1.54, 1.807) is 21.5 Å².